The topological polar surface area (TPSA) is 133 Å². The fraction of sp³-hybridized carbons (Fsp3) is 0.708. The summed E-state index contributed by atoms with van der Waals surface area (Å²) in [6.45, 7) is 9.78. The van der Waals surface area contributed by atoms with E-state index in [4.69, 9.17) is 0 Å². The summed E-state index contributed by atoms with van der Waals surface area (Å²) in [5.41, 5.74) is 0. The molecule has 1 heterocycles. The first kappa shape index (κ1) is 28.3. The number of hydrogen-bond donors (Lipinski definition) is 4. The van der Waals surface area contributed by atoms with Gasteiger partial charge in [0.05, 0.1) is 6.04 Å². The van der Waals surface area contributed by atoms with Gasteiger partial charge < -0.3 is 21.3 Å². The summed E-state index contributed by atoms with van der Waals surface area (Å²) < 4.78 is 0. The van der Waals surface area contributed by atoms with Crippen LogP contribution in [0.3, 0.4) is 0 Å². The summed E-state index contributed by atoms with van der Waals surface area (Å²) in [5.74, 6) is -2.39. The second kappa shape index (κ2) is 14.4. The monoisotopic (exact) mass is 464 g/mol. The molecule has 0 radical (unpaired) electrons. The summed E-state index contributed by atoms with van der Waals surface area (Å²) in [4.78, 5) is 62.4. The maximum atomic E-state index is 12.7. The van der Waals surface area contributed by atoms with Crippen LogP contribution in [0.25, 0.3) is 0 Å². The molecule has 4 N–H and O–H groups in total. The molecule has 1 fully saturated rings. The van der Waals surface area contributed by atoms with Crippen LogP contribution in [0.4, 0.5) is 0 Å². The molecule has 1 rings (SSSR count). The van der Waals surface area contributed by atoms with E-state index in [1.807, 2.05) is 13.8 Å². The minimum absolute atomic E-state index is 0.127. The molecule has 0 aliphatic carbocycles. The molecule has 0 aromatic carbocycles. The van der Waals surface area contributed by atoms with Crippen molar-refractivity contribution in [2.75, 3.05) is 6.54 Å². The molecule has 0 aromatic heterocycles. The molecule has 4 atom stereocenters. The van der Waals surface area contributed by atoms with Gasteiger partial charge in [0, 0.05) is 6.54 Å². The summed E-state index contributed by atoms with van der Waals surface area (Å²) >= 11 is 0. The van der Waals surface area contributed by atoms with Crippen molar-refractivity contribution in [3.63, 3.8) is 0 Å². The Kier molecular flexibility index (Phi) is 12.4. The van der Waals surface area contributed by atoms with E-state index in [2.05, 4.69) is 35.1 Å². The minimum Gasteiger partial charge on any atom is -0.354 e. The molecular formula is C24H40N4O5. The molecule has 0 spiro atoms. The number of carbonyl (C=O) groups is 5. The molecule has 1 saturated heterocycles. The smallest absolute Gasteiger partial charge is 0.290 e. The van der Waals surface area contributed by atoms with Crippen molar-refractivity contribution in [2.45, 2.75) is 91.3 Å². The van der Waals surface area contributed by atoms with E-state index in [1.165, 1.54) is 13.0 Å². The van der Waals surface area contributed by atoms with Gasteiger partial charge in [-0.3, -0.25) is 24.0 Å². The van der Waals surface area contributed by atoms with E-state index in [9.17, 15) is 24.0 Å². The molecule has 9 heteroatoms. The van der Waals surface area contributed by atoms with Crippen LogP contribution in [-0.4, -0.2) is 54.1 Å². The Hall–Kier alpha value is -2.71. The molecule has 0 bridgehead atoms. The van der Waals surface area contributed by atoms with E-state index < -0.39 is 41.6 Å². The van der Waals surface area contributed by atoms with Crippen LogP contribution in [0.5, 0.6) is 0 Å². The summed E-state index contributed by atoms with van der Waals surface area (Å²) in [6.07, 6.45) is 7.11. The van der Waals surface area contributed by atoms with Gasteiger partial charge in [0.15, 0.2) is 0 Å². The zero-order valence-electron chi connectivity index (χ0n) is 20.5. The van der Waals surface area contributed by atoms with Crippen LogP contribution in [0.1, 0.15) is 73.1 Å². The molecule has 1 aliphatic heterocycles. The third-order valence-electron chi connectivity index (χ3n) is 5.70. The molecule has 0 aromatic rings. The number of Topliss-reactive ketones (excluding diaryl/α,β-unsaturated/α-hetero) is 1. The summed E-state index contributed by atoms with van der Waals surface area (Å²) in [5, 5.41) is 10.4. The average Bonchev–Trinajstić information content (AvgIpc) is 2.76. The number of rotatable bonds is 8. The normalized spacial score (nSPS) is 24.2. The van der Waals surface area contributed by atoms with Gasteiger partial charge in [-0.2, -0.15) is 0 Å². The predicted molar refractivity (Wildman–Crippen MR) is 126 cm³/mol. The van der Waals surface area contributed by atoms with Gasteiger partial charge in [-0.15, -0.1) is 0 Å². The number of ketones is 1. The minimum atomic E-state index is -1.09. The van der Waals surface area contributed by atoms with Crippen molar-refractivity contribution in [3.8, 4) is 0 Å². The fourth-order valence-corrected chi connectivity index (χ4v) is 3.41. The van der Waals surface area contributed by atoms with Crippen LogP contribution in [0.15, 0.2) is 12.2 Å². The Morgan fingerprint density at radius 3 is 2.45 bits per heavy atom. The average molecular weight is 465 g/mol. The highest BCUT2D eigenvalue weighted by Crippen LogP contribution is 2.10. The van der Waals surface area contributed by atoms with E-state index >= 15 is 0 Å². The highest BCUT2D eigenvalue weighted by atomic mass is 16.2. The maximum absolute atomic E-state index is 12.7. The number of nitrogens with one attached hydrogen (secondary N) is 4. The van der Waals surface area contributed by atoms with Crippen molar-refractivity contribution in [1.82, 2.24) is 21.3 Å². The molecule has 0 saturated carbocycles. The van der Waals surface area contributed by atoms with Crippen LogP contribution < -0.4 is 21.3 Å². The Morgan fingerprint density at radius 2 is 1.82 bits per heavy atom. The maximum Gasteiger partial charge on any atom is 0.290 e. The van der Waals surface area contributed by atoms with E-state index in [0.717, 1.165) is 19.3 Å². The lowest BCUT2D eigenvalue weighted by atomic mass is 10.0. The molecule has 1 aliphatic rings. The Bertz CT molecular complexity index is 734. The quantitative estimate of drug-likeness (QED) is 0.318. The van der Waals surface area contributed by atoms with Crippen LogP contribution in [-0.2, 0) is 24.0 Å². The van der Waals surface area contributed by atoms with Crippen LogP contribution >= 0.6 is 0 Å². The van der Waals surface area contributed by atoms with E-state index in [0.29, 0.717) is 18.8 Å². The largest absolute Gasteiger partial charge is 0.354 e. The second-order valence-corrected chi connectivity index (χ2v) is 9.24. The van der Waals surface area contributed by atoms with Crippen molar-refractivity contribution >= 4 is 29.4 Å². The van der Waals surface area contributed by atoms with Crippen molar-refractivity contribution in [3.05, 3.63) is 12.2 Å². The SMILES string of the molecule is CCC(C)CC/C=C\C(=O)NC1CCCNC(=O)C(CC(C)C)NC(=O)C(=O)[C@H](C)NC1=O. The number of amides is 4. The van der Waals surface area contributed by atoms with Gasteiger partial charge in [-0.05, 0) is 56.9 Å². The first-order chi connectivity index (χ1) is 15.5. The molecule has 4 amide bonds. The van der Waals surface area contributed by atoms with Gasteiger partial charge >= 0.3 is 0 Å². The zero-order valence-corrected chi connectivity index (χ0v) is 20.5. The van der Waals surface area contributed by atoms with Gasteiger partial charge in [0.2, 0.25) is 23.5 Å². The predicted octanol–water partition coefficient (Wildman–Crippen LogP) is 1.37. The van der Waals surface area contributed by atoms with E-state index in [-0.39, 0.29) is 24.8 Å². The Labute approximate surface area is 196 Å². The molecular weight excluding hydrogens is 424 g/mol. The zero-order chi connectivity index (χ0) is 25.0. The second-order valence-electron chi connectivity index (χ2n) is 9.24. The van der Waals surface area contributed by atoms with Crippen LogP contribution in [0.2, 0.25) is 0 Å². The number of carbonyl (C=O) groups excluding carboxylic acids is 5. The fourth-order valence-electron chi connectivity index (χ4n) is 3.41. The standard InChI is InChI=1S/C24H40N4O5/c1-6-16(4)10-7-8-12-20(29)27-18-11-9-13-25-22(31)19(14-15(2)3)28-24(33)21(30)17(5)26-23(18)32/h8,12,15-19H,6-7,9-11,13-14H2,1-5H3,(H,25,31)(H,26,32)(H,27,29)(H,28,33)/b12-8-/t16?,17-,18?,19?/m0/s1. The molecule has 9 nitrogen and oxygen atoms in total. The Morgan fingerprint density at radius 1 is 1.12 bits per heavy atom. The Balaban J connectivity index is 2.87. The first-order valence-corrected chi connectivity index (χ1v) is 11.9. The third-order valence-corrected chi connectivity index (χ3v) is 5.70. The lowest BCUT2D eigenvalue weighted by Crippen LogP contribution is -2.54. The lowest BCUT2D eigenvalue weighted by molar-refractivity contribution is -0.141. The number of hydrogen-bond acceptors (Lipinski definition) is 5. The van der Waals surface area contributed by atoms with Gasteiger partial charge in [0.25, 0.3) is 5.91 Å². The molecule has 3 unspecified atom stereocenters. The summed E-state index contributed by atoms with van der Waals surface area (Å²) in [7, 11) is 0. The van der Waals surface area contributed by atoms with Crippen LogP contribution in [0, 0.1) is 11.8 Å². The highest BCUT2D eigenvalue weighted by molar-refractivity contribution is 6.38. The summed E-state index contributed by atoms with van der Waals surface area (Å²) in [6, 6.07) is -2.81. The van der Waals surface area contributed by atoms with Gasteiger partial charge in [0.1, 0.15) is 12.1 Å². The molecule has 186 valence electrons. The third kappa shape index (κ3) is 10.6. The first-order valence-electron chi connectivity index (χ1n) is 11.9. The lowest BCUT2D eigenvalue weighted by Gasteiger charge is -2.20. The van der Waals surface area contributed by atoms with Gasteiger partial charge in [-0.25, -0.2) is 0 Å². The van der Waals surface area contributed by atoms with Crippen molar-refractivity contribution in [2.24, 2.45) is 11.8 Å². The van der Waals surface area contributed by atoms with Gasteiger partial charge in [-0.1, -0.05) is 40.2 Å². The van der Waals surface area contributed by atoms with E-state index in [1.54, 1.807) is 6.08 Å². The molecule has 33 heavy (non-hydrogen) atoms. The highest BCUT2D eigenvalue weighted by Gasteiger charge is 2.30. The van der Waals surface area contributed by atoms with Crippen molar-refractivity contribution in [1.29, 1.82) is 0 Å². The number of allylic oxidation sites excluding steroid dienone is 1. The van der Waals surface area contributed by atoms with Crippen molar-refractivity contribution < 1.29 is 24.0 Å².